The lowest BCUT2D eigenvalue weighted by Gasteiger charge is -2.16. The molecule has 2 nitrogen and oxygen atoms in total. The number of rotatable bonds is 3. The van der Waals surface area contributed by atoms with Gasteiger partial charge in [-0.1, -0.05) is 23.7 Å². The third-order valence-corrected chi connectivity index (χ3v) is 2.83. The Hall–Kier alpha value is -1.67. The molecule has 0 bridgehead atoms. The van der Waals surface area contributed by atoms with Gasteiger partial charge in [0.15, 0.2) is 0 Å². The number of anilines is 1. The summed E-state index contributed by atoms with van der Waals surface area (Å²) >= 11 is 5.95. The van der Waals surface area contributed by atoms with E-state index in [1.807, 2.05) is 36.4 Å². The highest BCUT2D eigenvalue weighted by molar-refractivity contribution is 6.30. The summed E-state index contributed by atoms with van der Waals surface area (Å²) in [4.78, 5) is 0. The molecule has 2 rings (SSSR count). The zero-order chi connectivity index (χ0) is 12.3. The van der Waals surface area contributed by atoms with Gasteiger partial charge in [-0.05, 0) is 48.9 Å². The topological polar surface area (TPSA) is 32.3 Å². The van der Waals surface area contributed by atoms with Gasteiger partial charge in [-0.15, -0.1) is 0 Å². The predicted octanol–water partition coefficient (Wildman–Crippen LogP) is 4.22. The maximum Gasteiger partial charge on any atom is 0.115 e. The van der Waals surface area contributed by atoms with Crippen molar-refractivity contribution in [2.45, 2.75) is 13.0 Å². The van der Waals surface area contributed by atoms with Crippen LogP contribution >= 0.6 is 11.6 Å². The summed E-state index contributed by atoms with van der Waals surface area (Å²) in [5.74, 6) is 0.269. The molecule has 0 amide bonds. The van der Waals surface area contributed by atoms with Crippen molar-refractivity contribution >= 4 is 17.3 Å². The van der Waals surface area contributed by atoms with Crippen LogP contribution in [0.25, 0.3) is 0 Å². The highest BCUT2D eigenvalue weighted by Gasteiger charge is 2.05. The number of benzene rings is 2. The molecule has 0 aliphatic rings. The first-order valence-electron chi connectivity index (χ1n) is 5.46. The van der Waals surface area contributed by atoms with E-state index in [-0.39, 0.29) is 11.8 Å². The van der Waals surface area contributed by atoms with E-state index in [4.69, 9.17) is 11.6 Å². The van der Waals surface area contributed by atoms with Gasteiger partial charge < -0.3 is 10.4 Å². The summed E-state index contributed by atoms with van der Waals surface area (Å²) in [5.41, 5.74) is 2.10. The first-order chi connectivity index (χ1) is 8.15. The van der Waals surface area contributed by atoms with E-state index in [1.54, 1.807) is 12.1 Å². The zero-order valence-corrected chi connectivity index (χ0v) is 10.3. The lowest BCUT2D eigenvalue weighted by atomic mass is 10.1. The molecule has 2 aromatic rings. The van der Waals surface area contributed by atoms with E-state index in [0.29, 0.717) is 0 Å². The van der Waals surface area contributed by atoms with Crippen molar-refractivity contribution in [2.75, 3.05) is 5.32 Å². The number of phenolic OH excluding ortho intramolecular Hbond substituents is 1. The van der Waals surface area contributed by atoms with E-state index < -0.39 is 0 Å². The van der Waals surface area contributed by atoms with E-state index in [1.165, 1.54) is 0 Å². The highest BCUT2D eigenvalue weighted by Crippen LogP contribution is 2.22. The van der Waals surface area contributed by atoms with E-state index in [0.717, 1.165) is 16.3 Å². The first-order valence-corrected chi connectivity index (χ1v) is 5.84. The van der Waals surface area contributed by atoms with E-state index in [9.17, 15) is 5.11 Å². The standard InChI is InChI=1S/C14H14ClNO/c1-10(11-3-2-4-12(15)9-11)16-13-5-7-14(17)8-6-13/h2-10,16-17H,1H3. The minimum absolute atomic E-state index is 0.165. The van der Waals surface area contributed by atoms with Crippen molar-refractivity contribution in [1.82, 2.24) is 0 Å². The zero-order valence-electron chi connectivity index (χ0n) is 9.52. The van der Waals surface area contributed by atoms with Gasteiger partial charge in [0.1, 0.15) is 5.75 Å². The first kappa shape index (κ1) is 11.8. The fourth-order valence-electron chi connectivity index (χ4n) is 1.67. The maximum atomic E-state index is 9.20. The van der Waals surface area contributed by atoms with Crippen molar-refractivity contribution in [3.63, 3.8) is 0 Å². The van der Waals surface area contributed by atoms with Crippen molar-refractivity contribution < 1.29 is 5.11 Å². The second-order valence-electron chi connectivity index (χ2n) is 3.97. The van der Waals surface area contributed by atoms with Gasteiger partial charge >= 0.3 is 0 Å². The van der Waals surface area contributed by atoms with Crippen molar-refractivity contribution in [3.05, 3.63) is 59.1 Å². The van der Waals surface area contributed by atoms with Gasteiger partial charge in [0, 0.05) is 16.8 Å². The summed E-state index contributed by atoms with van der Waals surface area (Å²) in [6.07, 6.45) is 0. The minimum atomic E-state index is 0.165. The Balaban J connectivity index is 2.11. The molecule has 0 fully saturated rings. The van der Waals surface area contributed by atoms with Crippen LogP contribution in [-0.4, -0.2) is 5.11 Å². The Kier molecular flexibility index (Phi) is 3.55. The molecule has 3 heteroatoms. The third-order valence-electron chi connectivity index (χ3n) is 2.60. The van der Waals surface area contributed by atoms with E-state index >= 15 is 0 Å². The van der Waals surface area contributed by atoms with Gasteiger partial charge in [-0.3, -0.25) is 0 Å². The Morgan fingerprint density at radius 3 is 2.47 bits per heavy atom. The van der Waals surface area contributed by atoms with Crippen molar-refractivity contribution in [1.29, 1.82) is 0 Å². The molecule has 0 spiro atoms. The summed E-state index contributed by atoms with van der Waals surface area (Å²) in [5, 5.41) is 13.3. The SMILES string of the molecule is CC(Nc1ccc(O)cc1)c1cccc(Cl)c1. The molecule has 0 aliphatic carbocycles. The number of nitrogens with one attached hydrogen (secondary N) is 1. The summed E-state index contributed by atoms with van der Waals surface area (Å²) in [6, 6.07) is 14.9. The number of phenols is 1. The van der Waals surface area contributed by atoms with Crippen LogP contribution < -0.4 is 5.32 Å². The molecule has 0 saturated carbocycles. The lowest BCUT2D eigenvalue weighted by molar-refractivity contribution is 0.475. The molecule has 0 aromatic heterocycles. The number of hydrogen-bond donors (Lipinski definition) is 2. The molecule has 0 saturated heterocycles. The van der Waals surface area contributed by atoms with Crippen LogP contribution in [0.2, 0.25) is 5.02 Å². The molecule has 17 heavy (non-hydrogen) atoms. The van der Waals surface area contributed by atoms with Crippen LogP contribution in [0, 0.1) is 0 Å². The van der Waals surface area contributed by atoms with Crippen LogP contribution in [0.1, 0.15) is 18.5 Å². The van der Waals surface area contributed by atoms with Gasteiger partial charge in [0.2, 0.25) is 0 Å². The van der Waals surface area contributed by atoms with Crippen LogP contribution in [0.5, 0.6) is 5.75 Å². The normalized spacial score (nSPS) is 12.1. The summed E-state index contributed by atoms with van der Waals surface area (Å²) in [6.45, 7) is 2.07. The second kappa shape index (κ2) is 5.11. The highest BCUT2D eigenvalue weighted by atomic mass is 35.5. The average molecular weight is 248 g/mol. The second-order valence-corrected chi connectivity index (χ2v) is 4.40. The molecule has 1 unspecified atom stereocenters. The molecular formula is C14H14ClNO. The van der Waals surface area contributed by atoms with Gasteiger partial charge in [-0.2, -0.15) is 0 Å². The molecule has 0 radical (unpaired) electrons. The number of hydrogen-bond acceptors (Lipinski definition) is 2. The lowest BCUT2D eigenvalue weighted by Crippen LogP contribution is -2.06. The molecule has 88 valence electrons. The van der Waals surface area contributed by atoms with E-state index in [2.05, 4.69) is 12.2 Å². The summed E-state index contributed by atoms with van der Waals surface area (Å²) in [7, 11) is 0. The van der Waals surface area contributed by atoms with Gasteiger partial charge in [0.25, 0.3) is 0 Å². The minimum Gasteiger partial charge on any atom is -0.508 e. The third kappa shape index (κ3) is 3.14. The fraction of sp³-hybridized carbons (Fsp3) is 0.143. The van der Waals surface area contributed by atoms with Crippen LogP contribution in [0.15, 0.2) is 48.5 Å². The Morgan fingerprint density at radius 1 is 1.12 bits per heavy atom. The number of halogens is 1. The predicted molar refractivity (Wildman–Crippen MR) is 71.6 cm³/mol. The summed E-state index contributed by atoms with van der Waals surface area (Å²) < 4.78 is 0. The molecular weight excluding hydrogens is 234 g/mol. The monoisotopic (exact) mass is 247 g/mol. The van der Waals surface area contributed by atoms with Crippen molar-refractivity contribution in [3.8, 4) is 5.75 Å². The number of aromatic hydroxyl groups is 1. The average Bonchev–Trinajstić information content (AvgIpc) is 2.32. The van der Waals surface area contributed by atoms with Gasteiger partial charge in [-0.25, -0.2) is 0 Å². The van der Waals surface area contributed by atoms with Crippen molar-refractivity contribution in [2.24, 2.45) is 0 Å². The molecule has 1 atom stereocenters. The van der Waals surface area contributed by atoms with Crippen LogP contribution in [-0.2, 0) is 0 Å². The Labute approximate surface area is 106 Å². The molecule has 2 N–H and O–H groups in total. The Bertz CT molecular complexity index is 496. The van der Waals surface area contributed by atoms with Crippen LogP contribution in [0.4, 0.5) is 5.69 Å². The van der Waals surface area contributed by atoms with Crippen LogP contribution in [0.3, 0.4) is 0 Å². The Morgan fingerprint density at radius 2 is 1.82 bits per heavy atom. The van der Waals surface area contributed by atoms with Gasteiger partial charge in [0.05, 0.1) is 0 Å². The molecule has 2 aromatic carbocycles. The fourth-order valence-corrected chi connectivity index (χ4v) is 1.87. The largest absolute Gasteiger partial charge is 0.508 e. The quantitative estimate of drug-likeness (QED) is 0.796. The molecule has 0 heterocycles. The smallest absolute Gasteiger partial charge is 0.115 e. The molecule has 0 aliphatic heterocycles. The maximum absolute atomic E-state index is 9.20.